The van der Waals surface area contributed by atoms with Gasteiger partial charge in [-0.25, -0.2) is 4.98 Å². The maximum absolute atomic E-state index is 12.2. The summed E-state index contributed by atoms with van der Waals surface area (Å²) in [6, 6.07) is 10.9. The van der Waals surface area contributed by atoms with Crippen LogP contribution in [0.3, 0.4) is 0 Å². The van der Waals surface area contributed by atoms with Gasteiger partial charge in [0, 0.05) is 0 Å². The molecule has 4 nitrogen and oxygen atoms in total. The number of nitrogens with zero attached hydrogens (tertiary/aromatic N) is 1. The minimum absolute atomic E-state index is 0.204. The second-order valence-electron chi connectivity index (χ2n) is 4.64. The maximum atomic E-state index is 12.2. The zero-order valence-corrected chi connectivity index (χ0v) is 12.7. The number of carbonyl (C=O) groups is 1. The van der Waals surface area contributed by atoms with E-state index in [1.165, 1.54) is 6.20 Å². The fraction of sp³-hybridized carbons (Fsp3) is 0.250. The van der Waals surface area contributed by atoms with Crippen LogP contribution >= 0.6 is 11.6 Å². The topological polar surface area (TPSA) is 51.2 Å². The summed E-state index contributed by atoms with van der Waals surface area (Å²) in [5.74, 6) is 0.513. The number of hydrogen-bond donors (Lipinski definition) is 1. The molecule has 0 spiro atoms. The van der Waals surface area contributed by atoms with Crippen molar-refractivity contribution in [3.8, 4) is 5.75 Å². The number of nitrogens with one attached hydrogen (secondary N) is 1. The zero-order chi connectivity index (χ0) is 15.2. The van der Waals surface area contributed by atoms with Crippen LogP contribution in [0.2, 0.25) is 5.15 Å². The van der Waals surface area contributed by atoms with E-state index in [1.807, 2.05) is 38.1 Å². The van der Waals surface area contributed by atoms with Gasteiger partial charge in [0.2, 0.25) is 0 Å². The van der Waals surface area contributed by atoms with Crippen molar-refractivity contribution in [1.29, 1.82) is 0 Å². The minimum atomic E-state index is -0.554. The molecule has 21 heavy (non-hydrogen) atoms. The number of para-hydroxylation sites is 1. The van der Waals surface area contributed by atoms with Crippen LogP contribution in [0.15, 0.2) is 42.6 Å². The van der Waals surface area contributed by atoms with E-state index in [0.29, 0.717) is 23.0 Å². The number of amides is 1. The Labute approximate surface area is 129 Å². The Morgan fingerprint density at radius 1 is 1.33 bits per heavy atom. The summed E-state index contributed by atoms with van der Waals surface area (Å²) in [5.41, 5.74) is 1.59. The van der Waals surface area contributed by atoms with Crippen molar-refractivity contribution in [3.63, 3.8) is 0 Å². The molecule has 0 aliphatic heterocycles. The van der Waals surface area contributed by atoms with E-state index in [0.717, 1.165) is 5.56 Å². The predicted molar refractivity (Wildman–Crippen MR) is 83.8 cm³/mol. The minimum Gasteiger partial charge on any atom is -0.480 e. The standard InChI is InChI=1S/C16H17ClN2O2/c1-3-13(21-14-7-5-4-6-11(14)2)16(20)19-12-8-9-15(17)18-10-12/h4-10,13H,3H2,1-2H3,(H,19,20). The second-order valence-corrected chi connectivity index (χ2v) is 5.03. The average Bonchev–Trinajstić information content (AvgIpc) is 2.48. The lowest BCUT2D eigenvalue weighted by Crippen LogP contribution is -2.32. The Kier molecular flexibility index (Phi) is 5.17. The van der Waals surface area contributed by atoms with Gasteiger partial charge in [-0.15, -0.1) is 0 Å². The van der Waals surface area contributed by atoms with Gasteiger partial charge in [0.05, 0.1) is 11.9 Å². The average molecular weight is 305 g/mol. The van der Waals surface area contributed by atoms with E-state index in [1.54, 1.807) is 12.1 Å². The van der Waals surface area contributed by atoms with Gasteiger partial charge in [-0.1, -0.05) is 36.7 Å². The first-order valence-corrected chi connectivity index (χ1v) is 7.12. The molecule has 2 aromatic rings. The van der Waals surface area contributed by atoms with E-state index < -0.39 is 6.10 Å². The summed E-state index contributed by atoms with van der Waals surface area (Å²) in [7, 11) is 0. The molecule has 0 radical (unpaired) electrons. The lowest BCUT2D eigenvalue weighted by molar-refractivity contribution is -0.122. The highest BCUT2D eigenvalue weighted by Crippen LogP contribution is 2.19. The largest absolute Gasteiger partial charge is 0.480 e. The summed E-state index contributed by atoms with van der Waals surface area (Å²) < 4.78 is 5.79. The van der Waals surface area contributed by atoms with Gasteiger partial charge >= 0.3 is 0 Å². The second kappa shape index (κ2) is 7.09. The Balaban J connectivity index is 2.05. The van der Waals surface area contributed by atoms with E-state index in [2.05, 4.69) is 10.3 Å². The molecule has 5 heteroatoms. The molecule has 1 heterocycles. The Bertz CT molecular complexity index is 614. The van der Waals surface area contributed by atoms with Crippen LogP contribution in [0, 0.1) is 6.92 Å². The van der Waals surface area contributed by atoms with Gasteiger partial charge in [-0.3, -0.25) is 4.79 Å². The molecule has 0 aliphatic rings. The normalized spacial score (nSPS) is 11.8. The van der Waals surface area contributed by atoms with Crippen LogP contribution in [0.1, 0.15) is 18.9 Å². The summed E-state index contributed by atoms with van der Waals surface area (Å²) >= 11 is 5.71. The number of benzene rings is 1. The number of ether oxygens (including phenoxy) is 1. The van der Waals surface area contributed by atoms with Crippen LogP contribution in [-0.2, 0) is 4.79 Å². The van der Waals surface area contributed by atoms with Gasteiger partial charge < -0.3 is 10.1 Å². The molecule has 1 aromatic heterocycles. The molecule has 0 fully saturated rings. The van der Waals surface area contributed by atoms with E-state index in [4.69, 9.17) is 16.3 Å². The van der Waals surface area contributed by atoms with Gasteiger partial charge in [-0.05, 0) is 37.1 Å². The highest BCUT2D eigenvalue weighted by Gasteiger charge is 2.19. The third-order valence-electron chi connectivity index (χ3n) is 3.02. The molecule has 1 amide bonds. The van der Waals surface area contributed by atoms with Crippen molar-refractivity contribution in [1.82, 2.24) is 4.98 Å². The highest BCUT2D eigenvalue weighted by atomic mass is 35.5. The summed E-state index contributed by atoms with van der Waals surface area (Å²) in [6.07, 6.45) is 1.53. The van der Waals surface area contributed by atoms with Crippen LogP contribution < -0.4 is 10.1 Å². The molecule has 110 valence electrons. The number of halogens is 1. The monoisotopic (exact) mass is 304 g/mol. The van der Waals surface area contributed by atoms with E-state index in [9.17, 15) is 4.79 Å². The first-order valence-electron chi connectivity index (χ1n) is 6.75. The zero-order valence-electron chi connectivity index (χ0n) is 12.0. The summed E-state index contributed by atoms with van der Waals surface area (Å²) in [5, 5.41) is 3.16. The van der Waals surface area contributed by atoms with Crippen molar-refractivity contribution >= 4 is 23.2 Å². The Morgan fingerprint density at radius 3 is 2.71 bits per heavy atom. The molecular formula is C16H17ClN2O2. The van der Waals surface area contributed by atoms with Gasteiger partial charge in [0.25, 0.3) is 5.91 Å². The van der Waals surface area contributed by atoms with Gasteiger partial charge in [0.15, 0.2) is 6.10 Å². The molecule has 1 atom stereocenters. The fourth-order valence-electron chi connectivity index (χ4n) is 1.84. The van der Waals surface area contributed by atoms with Gasteiger partial charge in [-0.2, -0.15) is 0 Å². The highest BCUT2D eigenvalue weighted by molar-refractivity contribution is 6.29. The Morgan fingerprint density at radius 2 is 2.10 bits per heavy atom. The maximum Gasteiger partial charge on any atom is 0.265 e. The SMILES string of the molecule is CCC(Oc1ccccc1C)C(=O)Nc1ccc(Cl)nc1. The molecule has 0 bridgehead atoms. The number of hydrogen-bond acceptors (Lipinski definition) is 3. The lowest BCUT2D eigenvalue weighted by atomic mass is 10.2. The number of aromatic nitrogens is 1. The van der Waals surface area contributed by atoms with Gasteiger partial charge in [0.1, 0.15) is 10.9 Å². The molecule has 1 N–H and O–H groups in total. The third kappa shape index (κ3) is 4.20. The van der Waals surface area contributed by atoms with Crippen LogP contribution in [0.5, 0.6) is 5.75 Å². The molecule has 2 rings (SSSR count). The van der Waals surface area contributed by atoms with Crippen LogP contribution in [-0.4, -0.2) is 17.0 Å². The summed E-state index contributed by atoms with van der Waals surface area (Å²) in [6.45, 7) is 3.85. The van der Waals surface area contributed by atoms with E-state index in [-0.39, 0.29) is 5.91 Å². The van der Waals surface area contributed by atoms with Crippen molar-refractivity contribution < 1.29 is 9.53 Å². The van der Waals surface area contributed by atoms with Crippen molar-refractivity contribution in [2.45, 2.75) is 26.4 Å². The van der Waals surface area contributed by atoms with Crippen molar-refractivity contribution in [2.75, 3.05) is 5.32 Å². The van der Waals surface area contributed by atoms with Crippen LogP contribution in [0.25, 0.3) is 0 Å². The quantitative estimate of drug-likeness (QED) is 0.854. The molecular weight excluding hydrogens is 288 g/mol. The summed E-state index contributed by atoms with van der Waals surface area (Å²) in [4.78, 5) is 16.2. The molecule has 0 saturated heterocycles. The smallest absolute Gasteiger partial charge is 0.265 e. The Hall–Kier alpha value is -2.07. The third-order valence-corrected chi connectivity index (χ3v) is 3.24. The van der Waals surface area contributed by atoms with Crippen molar-refractivity contribution in [2.24, 2.45) is 0 Å². The number of carbonyl (C=O) groups excluding carboxylic acids is 1. The first-order chi connectivity index (χ1) is 10.1. The lowest BCUT2D eigenvalue weighted by Gasteiger charge is -2.18. The number of aryl methyl sites for hydroxylation is 1. The van der Waals surface area contributed by atoms with Crippen molar-refractivity contribution in [3.05, 3.63) is 53.3 Å². The number of anilines is 1. The molecule has 0 aliphatic carbocycles. The van der Waals surface area contributed by atoms with E-state index >= 15 is 0 Å². The molecule has 1 unspecified atom stereocenters. The number of rotatable bonds is 5. The molecule has 1 aromatic carbocycles. The fourth-order valence-corrected chi connectivity index (χ4v) is 1.95. The van der Waals surface area contributed by atoms with Crippen LogP contribution in [0.4, 0.5) is 5.69 Å². The predicted octanol–water partition coefficient (Wildman–Crippen LogP) is 3.84. The number of pyridine rings is 1. The molecule has 0 saturated carbocycles. The first kappa shape index (κ1) is 15.3.